The van der Waals surface area contributed by atoms with Crippen molar-refractivity contribution in [1.29, 1.82) is 0 Å². The van der Waals surface area contributed by atoms with E-state index in [1.807, 2.05) is 24.3 Å². The second kappa shape index (κ2) is 6.52. The predicted octanol–water partition coefficient (Wildman–Crippen LogP) is 4.73. The van der Waals surface area contributed by atoms with Gasteiger partial charge in [-0.15, -0.1) is 11.3 Å². The zero-order valence-corrected chi connectivity index (χ0v) is 16.5. The molecule has 0 amide bonds. The van der Waals surface area contributed by atoms with Gasteiger partial charge in [0.05, 0.1) is 10.9 Å². The first-order valence-corrected chi connectivity index (χ1v) is 9.89. The molecule has 1 unspecified atom stereocenters. The third kappa shape index (κ3) is 2.73. The van der Waals surface area contributed by atoms with Crippen LogP contribution in [0.4, 0.5) is 0 Å². The highest BCUT2D eigenvalue weighted by molar-refractivity contribution is 7.80. The molecule has 1 aromatic carbocycles. The van der Waals surface area contributed by atoms with Crippen LogP contribution in [-0.2, 0) is 6.42 Å². The van der Waals surface area contributed by atoms with Gasteiger partial charge in [-0.1, -0.05) is 25.1 Å². The van der Waals surface area contributed by atoms with Gasteiger partial charge < -0.3 is 4.98 Å². The number of H-pyrrole nitrogens is 1. The van der Waals surface area contributed by atoms with Crippen molar-refractivity contribution < 1.29 is 0 Å². The number of hydrogen-bond acceptors (Lipinski definition) is 5. The van der Waals surface area contributed by atoms with Crippen LogP contribution >= 0.6 is 24.0 Å². The fraction of sp³-hybridized carbons (Fsp3) is 0.250. The number of para-hydroxylation sites is 1. The van der Waals surface area contributed by atoms with Gasteiger partial charge >= 0.3 is 0 Å². The van der Waals surface area contributed by atoms with Crippen molar-refractivity contribution in [2.24, 2.45) is 0 Å². The molecule has 0 spiro atoms. The van der Waals surface area contributed by atoms with Gasteiger partial charge in [0.15, 0.2) is 0 Å². The highest BCUT2D eigenvalue weighted by atomic mass is 32.1. The minimum absolute atomic E-state index is 0.128. The number of nitrogens with zero attached hydrogens (tertiary/aromatic N) is 2. The Morgan fingerprint density at radius 1 is 1.23 bits per heavy atom. The van der Waals surface area contributed by atoms with E-state index in [-0.39, 0.29) is 10.8 Å². The third-order valence-electron chi connectivity index (χ3n) is 4.76. The number of thiol groups is 1. The first-order valence-electron chi connectivity index (χ1n) is 8.56. The number of benzene rings is 1. The van der Waals surface area contributed by atoms with E-state index in [0.717, 1.165) is 44.6 Å². The lowest BCUT2D eigenvalue weighted by atomic mass is 10.0. The van der Waals surface area contributed by atoms with Crippen molar-refractivity contribution in [3.8, 4) is 0 Å². The van der Waals surface area contributed by atoms with Crippen molar-refractivity contribution in [1.82, 2.24) is 15.0 Å². The van der Waals surface area contributed by atoms with Crippen LogP contribution in [0.3, 0.4) is 0 Å². The highest BCUT2D eigenvalue weighted by Gasteiger charge is 2.22. The lowest BCUT2D eigenvalue weighted by molar-refractivity contribution is 0.921. The molecule has 0 aliphatic carbocycles. The van der Waals surface area contributed by atoms with Crippen molar-refractivity contribution in [2.75, 3.05) is 0 Å². The molecule has 4 nitrogen and oxygen atoms in total. The lowest BCUT2D eigenvalue weighted by Gasteiger charge is -2.15. The Hall–Kier alpha value is -2.18. The first-order chi connectivity index (χ1) is 12.5. The predicted molar refractivity (Wildman–Crippen MR) is 112 cm³/mol. The molecule has 0 saturated carbocycles. The van der Waals surface area contributed by atoms with Crippen LogP contribution in [0.5, 0.6) is 0 Å². The first kappa shape index (κ1) is 17.2. The van der Waals surface area contributed by atoms with Crippen LogP contribution in [0.2, 0.25) is 0 Å². The van der Waals surface area contributed by atoms with Gasteiger partial charge in [0, 0.05) is 33.7 Å². The van der Waals surface area contributed by atoms with E-state index in [2.05, 4.69) is 25.8 Å². The average molecular weight is 382 g/mol. The molecule has 3 aromatic heterocycles. The van der Waals surface area contributed by atoms with Crippen LogP contribution in [0.1, 0.15) is 39.7 Å². The third-order valence-corrected chi connectivity index (χ3v) is 6.38. The maximum absolute atomic E-state index is 12.2. The smallest absolute Gasteiger partial charge is 0.248 e. The second-order valence-corrected chi connectivity index (χ2v) is 8.10. The van der Waals surface area contributed by atoms with Gasteiger partial charge in [0.1, 0.15) is 10.7 Å². The molecular weight excluding hydrogens is 362 g/mol. The fourth-order valence-electron chi connectivity index (χ4n) is 3.29. The van der Waals surface area contributed by atoms with Crippen LogP contribution in [-0.4, -0.2) is 15.0 Å². The Morgan fingerprint density at radius 3 is 2.77 bits per heavy atom. The van der Waals surface area contributed by atoms with Gasteiger partial charge in [0.2, 0.25) is 5.56 Å². The number of hydrogen-bond donors (Lipinski definition) is 2. The Kier molecular flexibility index (Phi) is 4.32. The summed E-state index contributed by atoms with van der Waals surface area (Å²) < 4.78 is 0. The zero-order valence-electron chi connectivity index (χ0n) is 14.8. The minimum Gasteiger partial charge on any atom is -0.322 e. The summed E-state index contributed by atoms with van der Waals surface area (Å²) in [5.74, 6) is 0.807. The molecule has 1 N–H and O–H groups in total. The van der Waals surface area contributed by atoms with Gasteiger partial charge in [-0.25, -0.2) is 9.97 Å². The largest absolute Gasteiger partial charge is 0.322 e. The maximum Gasteiger partial charge on any atom is 0.248 e. The molecule has 1 atom stereocenters. The van der Waals surface area contributed by atoms with E-state index < -0.39 is 0 Å². The minimum atomic E-state index is -0.300. The van der Waals surface area contributed by atoms with E-state index in [9.17, 15) is 4.79 Å². The summed E-state index contributed by atoms with van der Waals surface area (Å²) in [6.07, 6.45) is 0.759. The number of rotatable bonds is 3. The summed E-state index contributed by atoms with van der Waals surface area (Å²) in [6.45, 7) is 6.25. The topological polar surface area (TPSA) is 58.6 Å². The number of thiophene rings is 1. The van der Waals surface area contributed by atoms with Crippen molar-refractivity contribution in [2.45, 2.75) is 32.4 Å². The van der Waals surface area contributed by atoms with Crippen molar-refractivity contribution >= 4 is 45.1 Å². The second-order valence-electron chi connectivity index (χ2n) is 6.38. The number of nitrogens with one attached hydrogen (secondary N) is 1. The Morgan fingerprint density at radius 2 is 2.00 bits per heavy atom. The zero-order chi connectivity index (χ0) is 18.4. The maximum atomic E-state index is 12.2. The molecule has 4 rings (SSSR count). The molecular formula is C20H19N3OS2. The number of fused-ring (bicyclic) bond motifs is 2. The Labute approximate surface area is 160 Å². The van der Waals surface area contributed by atoms with Crippen LogP contribution in [0, 0.1) is 13.8 Å². The number of aromatic nitrogens is 3. The fourth-order valence-corrected chi connectivity index (χ4v) is 4.74. The standard InChI is InChI=1S/C20H19N3OS2/c1-4-15-22-18(17-10(2)11(3)26-20(17)23-15)19(25)13-9-16(24)21-14-8-6-5-7-12(13)14/h5-9,19,25H,4H2,1-3H3,(H,21,24). The summed E-state index contributed by atoms with van der Waals surface area (Å²) in [5, 5.41) is 1.75. The molecule has 0 saturated heterocycles. The Bertz CT molecular complexity index is 1190. The molecule has 6 heteroatoms. The molecule has 4 aromatic rings. The SMILES string of the molecule is CCc1nc(C(S)c2cc(=O)[nH]c3ccccc23)c2c(C)c(C)sc2n1. The molecule has 3 heterocycles. The molecule has 0 aliphatic heterocycles. The molecule has 132 valence electrons. The number of pyridine rings is 1. The Balaban J connectivity index is 2.03. The van der Waals surface area contributed by atoms with Gasteiger partial charge in [-0.2, -0.15) is 12.6 Å². The summed E-state index contributed by atoms with van der Waals surface area (Å²) in [6, 6.07) is 9.44. The molecule has 0 radical (unpaired) electrons. The molecule has 0 aliphatic rings. The molecule has 0 bridgehead atoms. The highest BCUT2D eigenvalue weighted by Crippen LogP contribution is 2.39. The normalized spacial score (nSPS) is 12.8. The van der Waals surface area contributed by atoms with E-state index in [1.165, 1.54) is 10.4 Å². The van der Waals surface area contributed by atoms with Gasteiger partial charge in [-0.3, -0.25) is 4.79 Å². The number of aromatic amines is 1. The van der Waals surface area contributed by atoms with E-state index in [0.29, 0.717) is 0 Å². The quantitative estimate of drug-likeness (QED) is 0.504. The van der Waals surface area contributed by atoms with E-state index in [1.54, 1.807) is 17.4 Å². The summed E-state index contributed by atoms with van der Waals surface area (Å²) in [5.41, 5.74) is 3.63. The average Bonchev–Trinajstić information content (AvgIpc) is 2.93. The van der Waals surface area contributed by atoms with Gasteiger partial charge in [0.25, 0.3) is 0 Å². The number of aryl methyl sites for hydroxylation is 3. The summed E-state index contributed by atoms with van der Waals surface area (Å²) in [7, 11) is 0. The van der Waals surface area contributed by atoms with Crippen LogP contribution in [0.25, 0.3) is 21.1 Å². The summed E-state index contributed by atoms with van der Waals surface area (Å²) >= 11 is 6.60. The van der Waals surface area contributed by atoms with Crippen molar-refractivity contribution in [3.63, 3.8) is 0 Å². The van der Waals surface area contributed by atoms with Crippen LogP contribution < -0.4 is 5.56 Å². The monoisotopic (exact) mass is 381 g/mol. The van der Waals surface area contributed by atoms with Crippen LogP contribution in [0.15, 0.2) is 35.1 Å². The van der Waals surface area contributed by atoms with E-state index >= 15 is 0 Å². The van der Waals surface area contributed by atoms with Crippen molar-refractivity contribution in [3.05, 3.63) is 68.2 Å². The molecule has 26 heavy (non-hydrogen) atoms. The lowest BCUT2D eigenvalue weighted by Crippen LogP contribution is -2.10. The van der Waals surface area contributed by atoms with E-state index in [4.69, 9.17) is 22.6 Å². The molecule has 0 fully saturated rings. The summed E-state index contributed by atoms with van der Waals surface area (Å²) in [4.78, 5) is 26.8. The van der Waals surface area contributed by atoms with Gasteiger partial charge in [-0.05, 0) is 31.0 Å².